The van der Waals surface area contributed by atoms with E-state index in [4.69, 9.17) is 14.2 Å². The molecule has 1 N–H and O–H groups in total. The van der Waals surface area contributed by atoms with Crippen LogP contribution < -0.4 is 19.5 Å². The predicted octanol–water partition coefficient (Wildman–Crippen LogP) is 3.20. The van der Waals surface area contributed by atoms with Crippen LogP contribution in [0.2, 0.25) is 0 Å². The minimum atomic E-state index is -0.305. The van der Waals surface area contributed by atoms with Crippen molar-refractivity contribution < 1.29 is 23.8 Å². The van der Waals surface area contributed by atoms with Crippen molar-refractivity contribution in [3.8, 4) is 17.2 Å². The lowest BCUT2D eigenvalue weighted by Crippen LogP contribution is -2.34. The maximum atomic E-state index is 12.7. The molecule has 0 aromatic heterocycles. The molecule has 0 saturated carbocycles. The molecule has 0 heterocycles. The molecule has 0 aliphatic heterocycles. The lowest BCUT2D eigenvalue weighted by molar-refractivity contribution is -0.116. The van der Waals surface area contributed by atoms with Gasteiger partial charge >= 0.3 is 0 Å². The van der Waals surface area contributed by atoms with Gasteiger partial charge in [0.15, 0.2) is 11.5 Å². The fourth-order valence-corrected chi connectivity index (χ4v) is 2.59. The number of hydrogen-bond acceptors (Lipinski definition) is 5. The van der Waals surface area contributed by atoms with Gasteiger partial charge in [0.2, 0.25) is 5.91 Å². The summed E-state index contributed by atoms with van der Waals surface area (Å²) >= 11 is 0. The molecule has 2 rings (SSSR count). The topological polar surface area (TPSA) is 77.1 Å². The van der Waals surface area contributed by atoms with E-state index in [-0.39, 0.29) is 18.4 Å². The molecule has 0 unspecified atom stereocenters. The molecule has 0 aliphatic rings. The minimum Gasteiger partial charge on any atom is -0.497 e. The van der Waals surface area contributed by atoms with Gasteiger partial charge in [-0.3, -0.25) is 9.59 Å². The van der Waals surface area contributed by atoms with Crippen LogP contribution in [0.5, 0.6) is 17.2 Å². The van der Waals surface area contributed by atoms with Crippen LogP contribution in [-0.2, 0) is 4.79 Å². The Morgan fingerprint density at radius 3 is 2.39 bits per heavy atom. The van der Waals surface area contributed by atoms with Crippen LogP contribution in [0.3, 0.4) is 0 Å². The highest BCUT2D eigenvalue weighted by Gasteiger charge is 2.17. The zero-order chi connectivity index (χ0) is 20.5. The largest absolute Gasteiger partial charge is 0.497 e. The van der Waals surface area contributed by atoms with Crippen LogP contribution in [0.1, 0.15) is 24.2 Å². The third-order valence-corrected chi connectivity index (χ3v) is 3.87. The lowest BCUT2D eigenvalue weighted by Gasteiger charge is -2.18. The Morgan fingerprint density at radius 2 is 1.71 bits per heavy atom. The monoisotopic (exact) mass is 386 g/mol. The third kappa shape index (κ3) is 5.64. The zero-order valence-electron chi connectivity index (χ0n) is 16.7. The van der Waals surface area contributed by atoms with Crippen molar-refractivity contribution in [1.82, 2.24) is 4.90 Å². The van der Waals surface area contributed by atoms with E-state index in [2.05, 4.69) is 5.32 Å². The summed E-state index contributed by atoms with van der Waals surface area (Å²) < 4.78 is 16.2. The SMILES string of the molecule is CCOc1ccc(C(=O)N(C)CC(=O)Nc2cccc(OC)c2)cc1OCC. The van der Waals surface area contributed by atoms with Crippen LogP contribution in [0.25, 0.3) is 0 Å². The standard InChI is InChI=1S/C21H26N2O5/c1-5-27-18-11-10-15(12-19(18)28-6-2)21(25)23(3)14-20(24)22-16-8-7-9-17(13-16)26-4/h7-13H,5-6,14H2,1-4H3,(H,22,24). The van der Waals surface area contributed by atoms with Gasteiger partial charge in [0.25, 0.3) is 5.91 Å². The molecule has 28 heavy (non-hydrogen) atoms. The second-order valence-electron chi connectivity index (χ2n) is 5.97. The summed E-state index contributed by atoms with van der Waals surface area (Å²) in [5, 5.41) is 2.75. The molecule has 0 saturated heterocycles. The van der Waals surface area contributed by atoms with Crippen molar-refractivity contribution >= 4 is 17.5 Å². The fraction of sp³-hybridized carbons (Fsp3) is 0.333. The average molecular weight is 386 g/mol. The van der Waals surface area contributed by atoms with E-state index >= 15 is 0 Å². The molecule has 0 fully saturated rings. The molecule has 0 radical (unpaired) electrons. The van der Waals surface area contributed by atoms with Crippen molar-refractivity contribution in [2.24, 2.45) is 0 Å². The number of rotatable bonds is 9. The van der Waals surface area contributed by atoms with Crippen LogP contribution in [-0.4, -0.2) is 50.6 Å². The highest BCUT2D eigenvalue weighted by Crippen LogP contribution is 2.29. The third-order valence-electron chi connectivity index (χ3n) is 3.87. The van der Waals surface area contributed by atoms with Crippen LogP contribution >= 0.6 is 0 Å². The number of ether oxygens (including phenoxy) is 3. The van der Waals surface area contributed by atoms with Crippen molar-refractivity contribution in [1.29, 1.82) is 0 Å². The van der Waals surface area contributed by atoms with Crippen molar-refractivity contribution in [3.05, 3.63) is 48.0 Å². The Morgan fingerprint density at radius 1 is 1.00 bits per heavy atom. The number of hydrogen-bond donors (Lipinski definition) is 1. The van der Waals surface area contributed by atoms with E-state index in [1.54, 1.807) is 56.6 Å². The average Bonchev–Trinajstić information content (AvgIpc) is 2.69. The fourth-order valence-electron chi connectivity index (χ4n) is 2.59. The van der Waals surface area contributed by atoms with Gasteiger partial charge < -0.3 is 24.4 Å². The zero-order valence-corrected chi connectivity index (χ0v) is 16.7. The van der Waals surface area contributed by atoms with Gasteiger partial charge in [-0.2, -0.15) is 0 Å². The summed E-state index contributed by atoms with van der Waals surface area (Å²) in [6.07, 6.45) is 0. The smallest absolute Gasteiger partial charge is 0.254 e. The number of benzene rings is 2. The van der Waals surface area contributed by atoms with Gasteiger partial charge in [-0.1, -0.05) is 6.07 Å². The number of likely N-dealkylation sites (N-methyl/N-ethyl adjacent to an activating group) is 1. The van der Waals surface area contributed by atoms with Gasteiger partial charge in [0, 0.05) is 24.4 Å². The molecule has 2 amide bonds. The maximum absolute atomic E-state index is 12.7. The van der Waals surface area contributed by atoms with E-state index < -0.39 is 0 Å². The first-order valence-corrected chi connectivity index (χ1v) is 9.07. The van der Waals surface area contributed by atoms with E-state index in [9.17, 15) is 9.59 Å². The van der Waals surface area contributed by atoms with Crippen LogP contribution in [0.4, 0.5) is 5.69 Å². The quantitative estimate of drug-likeness (QED) is 0.716. The number of amides is 2. The van der Waals surface area contributed by atoms with Crippen molar-refractivity contribution in [2.75, 3.05) is 39.2 Å². The molecule has 2 aromatic carbocycles. The maximum Gasteiger partial charge on any atom is 0.254 e. The predicted molar refractivity (Wildman–Crippen MR) is 107 cm³/mol. The summed E-state index contributed by atoms with van der Waals surface area (Å²) in [4.78, 5) is 26.3. The summed E-state index contributed by atoms with van der Waals surface area (Å²) in [5.41, 5.74) is 1.02. The van der Waals surface area contributed by atoms with E-state index in [1.807, 2.05) is 13.8 Å². The van der Waals surface area contributed by atoms with E-state index in [1.165, 1.54) is 4.90 Å². The summed E-state index contributed by atoms with van der Waals surface area (Å²) in [7, 11) is 3.13. The van der Waals surface area contributed by atoms with Gasteiger partial charge in [-0.05, 0) is 44.2 Å². The Balaban J connectivity index is 2.04. The highest BCUT2D eigenvalue weighted by atomic mass is 16.5. The number of carbonyl (C=O) groups excluding carboxylic acids is 2. The van der Waals surface area contributed by atoms with Crippen molar-refractivity contribution in [2.45, 2.75) is 13.8 Å². The first-order chi connectivity index (χ1) is 13.5. The summed E-state index contributed by atoms with van der Waals surface area (Å²) in [6, 6.07) is 12.0. The first-order valence-electron chi connectivity index (χ1n) is 9.07. The Labute approximate surface area is 165 Å². The van der Waals surface area contributed by atoms with E-state index in [0.717, 1.165) is 0 Å². The Kier molecular flexibility index (Phi) is 7.68. The lowest BCUT2D eigenvalue weighted by atomic mass is 10.1. The molecule has 7 nitrogen and oxygen atoms in total. The second kappa shape index (κ2) is 10.2. The first kappa shape index (κ1) is 21.1. The highest BCUT2D eigenvalue weighted by molar-refractivity contribution is 5.99. The summed E-state index contributed by atoms with van der Waals surface area (Å²) in [6.45, 7) is 4.60. The van der Waals surface area contributed by atoms with Gasteiger partial charge in [-0.15, -0.1) is 0 Å². The molecule has 2 aromatic rings. The van der Waals surface area contributed by atoms with Gasteiger partial charge in [0.1, 0.15) is 5.75 Å². The van der Waals surface area contributed by atoms with Crippen molar-refractivity contribution in [3.63, 3.8) is 0 Å². The molecule has 0 atom stereocenters. The number of anilines is 1. The minimum absolute atomic E-state index is 0.0901. The molecule has 0 bridgehead atoms. The molecular weight excluding hydrogens is 360 g/mol. The van der Waals surface area contributed by atoms with E-state index in [0.29, 0.717) is 41.7 Å². The second-order valence-corrected chi connectivity index (χ2v) is 5.97. The number of methoxy groups -OCH3 is 1. The summed E-state index contributed by atoms with van der Waals surface area (Å²) in [5.74, 6) is 1.13. The normalized spacial score (nSPS) is 10.1. The Bertz CT molecular complexity index is 822. The molecule has 150 valence electrons. The molecule has 0 spiro atoms. The van der Waals surface area contributed by atoms with Crippen LogP contribution in [0, 0.1) is 0 Å². The van der Waals surface area contributed by atoms with Gasteiger partial charge in [-0.25, -0.2) is 0 Å². The van der Waals surface area contributed by atoms with Gasteiger partial charge in [0.05, 0.1) is 26.9 Å². The molecule has 0 aliphatic carbocycles. The number of carbonyl (C=O) groups is 2. The molecular formula is C21H26N2O5. The molecule has 7 heteroatoms. The number of nitrogens with zero attached hydrogens (tertiary/aromatic N) is 1. The number of nitrogens with one attached hydrogen (secondary N) is 1. The van der Waals surface area contributed by atoms with Crippen LogP contribution in [0.15, 0.2) is 42.5 Å². The Hall–Kier alpha value is -3.22.